The lowest BCUT2D eigenvalue weighted by Gasteiger charge is -2.10. The number of carbonyl (C=O) groups is 1. The van der Waals surface area contributed by atoms with Gasteiger partial charge in [-0.1, -0.05) is 0 Å². The van der Waals surface area contributed by atoms with Crippen LogP contribution in [0.1, 0.15) is 5.56 Å². The standard InChI is InChI=1S/C16H13FN2O2S/c1-10-8-11(17)2-3-13(10)18-15(20)9-19-6-4-14-12(16(19)21)5-7-22-14/h2-8H,9H2,1H3,(H,18,20). The number of nitrogens with one attached hydrogen (secondary N) is 1. The Balaban J connectivity index is 1.81. The number of aryl methyl sites for hydroxylation is 1. The van der Waals surface area contributed by atoms with Crippen molar-refractivity contribution in [3.63, 3.8) is 0 Å². The predicted octanol–water partition coefficient (Wildman–Crippen LogP) is 3.15. The highest BCUT2D eigenvalue weighted by Crippen LogP contribution is 2.17. The Labute approximate surface area is 129 Å². The van der Waals surface area contributed by atoms with Crippen LogP contribution < -0.4 is 10.9 Å². The molecule has 0 saturated carbocycles. The van der Waals surface area contributed by atoms with Crippen LogP contribution in [0.15, 0.2) is 46.7 Å². The highest BCUT2D eigenvalue weighted by Gasteiger charge is 2.09. The zero-order valence-corrected chi connectivity index (χ0v) is 12.6. The Kier molecular flexibility index (Phi) is 3.77. The van der Waals surface area contributed by atoms with Crippen molar-refractivity contribution in [3.05, 3.63) is 63.6 Å². The van der Waals surface area contributed by atoms with E-state index in [2.05, 4.69) is 5.32 Å². The van der Waals surface area contributed by atoms with Crippen LogP contribution in [-0.2, 0) is 11.3 Å². The van der Waals surface area contributed by atoms with Crippen molar-refractivity contribution < 1.29 is 9.18 Å². The normalized spacial score (nSPS) is 10.8. The van der Waals surface area contributed by atoms with E-state index in [9.17, 15) is 14.0 Å². The summed E-state index contributed by atoms with van der Waals surface area (Å²) in [5, 5.41) is 5.15. The van der Waals surface area contributed by atoms with Gasteiger partial charge < -0.3 is 9.88 Å². The second-order valence-electron chi connectivity index (χ2n) is 4.95. The summed E-state index contributed by atoms with van der Waals surface area (Å²) in [4.78, 5) is 24.3. The van der Waals surface area contributed by atoms with Gasteiger partial charge in [-0.15, -0.1) is 11.3 Å². The van der Waals surface area contributed by atoms with Crippen LogP contribution in [0.3, 0.4) is 0 Å². The third-order valence-electron chi connectivity index (χ3n) is 3.37. The quantitative estimate of drug-likeness (QED) is 0.807. The molecule has 3 rings (SSSR count). The number of carbonyl (C=O) groups excluding carboxylic acids is 1. The Morgan fingerprint density at radius 2 is 2.14 bits per heavy atom. The molecule has 0 fully saturated rings. The molecule has 0 saturated heterocycles. The van der Waals surface area contributed by atoms with Crippen molar-refractivity contribution >= 4 is 33.0 Å². The maximum atomic E-state index is 13.0. The molecule has 0 radical (unpaired) electrons. The maximum absolute atomic E-state index is 13.0. The van der Waals surface area contributed by atoms with E-state index in [1.807, 2.05) is 11.4 Å². The third kappa shape index (κ3) is 2.78. The highest BCUT2D eigenvalue weighted by atomic mass is 32.1. The minimum Gasteiger partial charge on any atom is -0.324 e. The number of rotatable bonds is 3. The minimum atomic E-state index is -0.352. The molecule has 0 bridgehead atoms. The average Bonchev–Trinajstić information content (AvgIpc) is 2.94. The lowest BCUT2D eigenvalue weighted by molar-refractivity contribution is -0.116. The van der Waals surface area contributed by atoms with Gasteiger partial charge >= 0.3 is 0 Å². The van der Waals surface area contributed by atoms with Gasteiger partial charge in [0.25, 0.3) is 5.56 Å². The lowest BCUT2D eigenvalue weighted by Crippen LogP contribution is -2.27. The Morgan fingerprint density at radius 3 is 2.91 bits per heavy atom. The number of benzene rings is 1. The number of thiophene rings is 1. The molecular formula is C16H13FN2O2S. The molecule has 112 valence electrons. The zero-order chi connectivity index (χ0) is 15.7. The molecule has 0 aliphatic heterocycles. The highest BCUT2D eigenvalue weighted by molar-refractivity contribution is 7.17. The van der Waals surface area contributed by atoms with E-state index in [0.29, 0.717) is 16.6 Å². The molecule has 6 heteroatoms. The van der Waals surface area contributed by atoms with Gasteiger partial charge in [-0.2, -0.15) is 0 Å². The molecule has 0 spiro atoms. The van der Waals surface area contributed by atoms with Gasteiger partial charge in [-0.05, 0) is 48.2 Å². The molecule has 1 amide bonds. The number of fused-ring (bicyclic) bond motifs is 1. The average molecular weight is 316 g/mol. The first-order valence-corrected chi connectivity index (χ1v) is 7.55. The Morgan fingerprint density at radius 1 is 1.32 bits per heavy atom. The molecule has 22 heavy (non-hydrogen) atoms. The number of pyridine rings is 1. The maximum Gasteiger partial charge on any atom is 0.259 e. The van der Waals surface area contributed by atoms with Crippen LogP contribution in [0.5, 0.6) is 0 Å². The number of amides is 1. The fourth-order valence-electron chi connectivity index (χ4n) is 2.24. The van der Waals surface area contributed by atoms with Gasteiger partial charge in [-0.25, -0.2) is 4.39 Å². The first kappa shape index (κ1) is 14.5. The van der Waals surface area contributed by atoms with Gasteiger partial charge in [-0.3, -0.25) is 9.59 Å². The Hall–Kier alpha value is -2.47. The number of anilines is 1. The van der Waals surface area contributed by atoms with Crippen molar-refractivity contribution in [1.29, 1.82) is 0 Å². The van der Waals surface area contributed by atoms with Crippen molar-refractivity contribution in [2.75, 3.05) is 5.32 Å². The van der Waals surface area contributed by atoms with Gasteiger partial charge in [0.1, 0.15) is 12.4 Å². The summed E-state index contributed by atoms with van der Waals surface area (Å²) in [5.41, 5.74) is 0.981. The van der Waals surface area contributed by atoms with Crippen molar-refractivity contribution in [2.24, 2.45) is 0 Å². The van der Waals surface area contributed by atoms with E-state index in [4.69, 9.17) is 0 Å². The molecule has 0 aliphatic carbocycles. The van der Waals surface area contributed by atoms with E-state index >= 15 is 0 Å². The zero-order valence-electron chi connectivity index (χ0n) is 11.8. The summed E-state index contributed by atoms with van der Waals surface area (Å²) in [6.45, 7) is 1.63. The van der Waals surface area contributed by atoms with Crippen LogP contribution in [0.25, 0.3) is 10.1 Å². The summed E-state index contributed by atoms with van der Waals surface area (Å²) in [6.07, 6.45) is 1.61. The SMILES string of the molecule is Cc1cc(F)ccc1NC(=O)Cn1ccc2sccc2c1=O. The summed E-state index contributed by atoms with van der Waals surface area (Å²) in [5.74, 6) is -0.680. The first-order chi connectivity index (χ1) is 10.5. The molecule has 2 aromatic heterocycles. The molecule has 0 atom stereocenters. The van der Waals surface area contributed by atoms with E-state index < -0.39 is 0 Å². The van der Waals surface area contributed by atoms with Crippen molar-refractivity contribution in [2.45, 2.75) is 13.5 Å². The van der Waals surface area contributed by atoms with Gasteiger partial charge in [0.2, 0.25) is 5.91 Å². The fraction of sp³-hybridized carbons (Fsp3) is 0.125. The van der Waals surface area contributed by atoms with E-state index in [1.165, 1.54) is 34.1 Å². The number of hydrogen-bond acceptors (Lipinski definition) is 3. The van der Waals surface area contributed by atoms with Gasteiger partial charge in [0, 0.05) is 16.6 Å². The van der Waals surface area contributed by atoms with E-state index in [0.717, 1.165) is 4.70 Å². The molecule has 2 heterocycles. The smallest absolute Gasteiger partial charge is 0.259 e. The van der Waals surface area contributed by atoms with Crippen molar-refractivity contribution in [3.8, 4) is 0 Å². The predicted molar refractivity (Wildman–Crippen MR) is 85.9 cm³/mol. The lowest BCUT2D eigenvalue weighted by atomic mass is 10.2. The van der Waals surface area contributed by atoms with Crippen LogP contribution >= 0.6 is 11.3 Å². The van der Waals surface area contributed by atoms with Crippen LogP contribution in [0, 0.1) is 12.7 Å². The summed E-state index contributed by atoms with van der Waals surface area (Å²) >= 11 is 1.49. The molecular weight excluding hydrogens is 303 g/mol. The summed E-state index contributed by atoms with van der Waals surface area (Å²) < 4.78 is 15.3. The van der Waals surface area contributed by atoms with E-state index in [1.54, 1.807) is 19.2 Å². The second-order valence-corrected chi connectivity index (χ2v) is 5.90. The molecule has 1 N–H and O–H groups in total. The molecule has 0 unspecified atom stereocenters. The number of nitrogens with zero attached hydrogens (tertiary/aromatic N) is 1. The van der Waals surface area contributed by atoms with Crippen LogP contribution in [-0.4, -0.2) is 10.5 Å². The van der Waals surface area contributed by atoms with Crippen molar-refractivity contribution in [1.82, 2.24) is 4.57 Å². The molecule has 0 aliphatic rings. The number of hydrogen-bond donors (Lipinski definition) is 1. The Bertz CT molecular complexity index is 914. The van der Waals surface area contributed by atoms with Gasteiger partial charge in [0.15, 0.2) is 0 Å². The fourth-order valence-corrected chi connectivity index (χ4v) is 3.02. The van der Waals surface area contributed by atoms with E-state index in [-0.39, 0.29) is 23.8 Å². The van der Waals surface area contributed by atoms with Crippen LogP contribution in [0.2, 0.25) is 0 Å². The summed E-state index contributed by atoms with van der Waals surface area (Å²) in [7, 11) is 0. The molecule has 1 aromatic carbocycles. The number of aromatic nitrogens is 1. The third-order valence-corrected chi connectivity index (χ3v) is 4.25. The monoisotopic (exact) mass is 316 g/mol. The minimum absolute atomic E-state index is 0.0819. The van der Waals surface area contributed by atoms with Gasteiger partial charge in [0.05, 0.1) is 5.39 Å². The topological polar surface area (TPSA) is 51.1 Å². The molecule has 4 nitrogen and oxygen atoms in total. The second kappa shape index (κ2) is 5.73. The molecule has 3 aromatic rings. The van der Waals surface area contributed by atoms with Crippen LogP contribution in [0.4, 0.5) is 10.1 Å². The largest absolute Gasteiger partial charge is 0.324 e. The first-order valence-electron chi connectivity index (χ1n) is 6.67. The summed E-state index contributed by atoms with van der Waals surface area (Å²) in [6, 6.07) is 7.71. The number of halogens is 1.